The van der Waals surface area contributed by atoms with Gasteiger partial charge in [-0.3, -0.25) is 20.4 Å². The smallest absolute Gasteiger partial charge is 0.417 e. The van der Waals surface area contributed by atoms with Crippen molar-refractivity contribution in [2.45, 2.75) is 19.2 Å². The zero-order valence-electron chi connectivity index (χ0n) is 14.9. The van der Waals surface area contributed by atoms with Gasteiger partial charge in [-0.15, -0.1) is 0 Å². The molecule has 154 valence electrons. The Morgan fingerprint density at radius 3 is 2.48 bits per heavy atom. The van der Waals surface area contributed by atoms with Crippen LogP contribution in [0.4, 0.5) is 17.6 Å². The molecule has 2 amide bonds. The Morgan fingerprint density at radius 1 is 1.14 bits per heavy atom. The van der Waals surface area contributed by atoms with Crippen LogP contribution < -0.4 is 15.6 Å². The van der Waals surface area contributed by atoms with E-state index in [1.54, 1.807) is 0 Å². The molecular weight excluding hydrogens is 416 g/mol. The molecule has 0 bridgehead atoms. The van der Waals surface area contributed by atoms with Gasteiger partial charge in [-0.25, -0.2) is 4.39 Å². The van der Waals surface area contributed by atoms with Crippen molar-refractivity contribution in [1.29, 1.82) is 0 Å². The molecule has 2 aromatic rings. The molecule has 0 radical (unpaired) electrons. The molecule has 2 N–H and O–H groups in total. The van der Waals surface area contributed by atoms with E-state index in [2.05, 4.69) is 5.43 Å². The van der Waals surface area contributed by atoms with Crippen molar-refractivity contribution in [1.82, 2.24) is 10.9 Å². The maximum Gasteiger partial charge on any atom is 0.417 e. The highest BCUT2D eigenvalue weighted by Crippen LogP contribution is 2.35. The summed E-state index contributed by atoms with van der Waals surface area (Å²) in [6.45, 7) is 1.34. The Morgan fingerprint density at radius 2 is 1.83 bits per heavy atom. The van der Waals surface area contributed by atoms with Gasteiger partial charge in [0.05, 0.1) is 10.6 Å². The van der Waals surface area contributed by atoms with Gasteiger partial charge < -0.3 is 4.74 Å². The molecular formula is C19H15ClF4N2O3. The molecule has 29 heavy (non-hydrogen) atoms. The zero-order valence-corrected chi connectivity index (χ0v) is 15.6. The lowest BCUT2D eigenvalue weighted by Crippen LogP contribution is -2.46. The van der Waals surface area contributed by atoms with E-state index >= 15 is 0 Å². The highest BCUT2D eigenvalue weighted by atomic mass is 35.5. The molecule has 0 aromatic heterocycles. The fourth-order valence-electron chi connectivity index (χ4n) is 2.09. The fourth-order valence-corrected chi connectivity index (χ4v) is 2.31. The lowest BCUT2D eigenvalue weighted by atomic mass is 10.1. The van der Waals surface area contributed by atoms with Gasteiger partial charge in [0.1, 0.15) is 0 Å². The quantitative estimate of drug-likeness (QED) is 0.426. The second-order valence-electron chi connectivity index (χ2n) is 5.74. The van der Waals surface area contributed by atoms with Crippen LogP contribution in [0.3, 0.4) is 0 Å². The average Bonchev–Trinajstić information content (AvgIpc) is 2.66. The number of rotatable bonds is 5. The van der Waals surface area contributed by atoms with E-state index in [-0.39, 0.29) is 11.3 Å². The molecule has 0 aliphatic carbocycles. The van der Waals surface area contributed by atoms with Gasteiger partial charge in [-0.2, -0.15) is 13.2 Å². The van der Waals surface area contributed by atoms with E-state index in [9.17, 15) is 27.2 Å². The number of nitrogens with one attached hydrogen (secondary N) is 2. The number of hydrogen-bond acceptors (Lipinski definition) is 3. The van der Waals surface area contributed by atoms with E-state index in [1.807, 2.05) is 5.43 Å². The summed E-state index contributed by atoms with van der Waals surface area (Å²) in [4.78, 5) is 23.6. The molecule has 0 aliphatic rings. The molecule has 10 heteroatoms. The van der Waals surface area contributed by atoms with Crippen molar-refractivity contribution in [3.8, 4) is 5.75 Å². The maximum absolute atomic E-state index is 13.5. The Kier molecular flexibility index (Phi) is 7.22. The molecule has 1 unspecified atom stereocenters. The molecule has 0 saturated heterocycles. The van der Waals surface area contributed by atoms with Crippen LogP contribution in [0.2, 0.25) is 5.02 Å². The van der Waals surface area contributed by atoms with E-state index in [0.29, 0.717) is 0 Å². The van der Waals surface area contributed by atoms with Crippen LogP contribution in [0.15, 0.2) is 48.5 Å². The number of carbonyl (C=O) groups excluding carboxylic acids is 2. The molecule has 1 atom stereocenters. The van der Waals surface area contributed by atoms with Crippen molar-refractivity contribution in [3.63, 3.8) is 0 Å². The van der Waals surface area contributed by atoms with Gasteiger partial charge in [0.15, 0.2) is 17.7 Å². The monoisotopic (exact) mass is 430 g/mol. The number of hydrogen-bond donors (Lipinski definition) is 2. The third-order valence-corrected chi connectivity index (χ3v) is 3.87. The largest absolute Gasteiger partial charge is 0.478 e. The second-order valence-corrected chi connectivity index (χ2v) is 6.15. The highest BCUT2D eigenvalue weighted by molar-refractivity contribution is 6.31. The summed E-state index contributed by atoms with van der Waals surface area (Å²) in [5, 5.41) is -0.463. The van der Waals surface area contributed by atoms with E-state index in [0.717, 1.165) is 30.4 Å². The predicted molar refractivity (Wildman–Crippen MR) is 98.3 cm³/mol. The number of amides is 2. The van der Waals surface area contributed by atoms with Gasteiger partial charge in [0.25, 0.3) is 11.8 Å². The van der Waals surface area contributed by atoms with E-state index < -0.39 is 40.5 Å². The predicted octanol–water partition coefficient (Wildman–Crippen LogP) is 4.13. The zero-order chi connectivity index (χ0) is 21.6. The minimum Gasteiger partial charge on any atom is -0.478 e. The van der Waals surface area contributed by atoms with E-state index in [1.165, 1.54) is 31.2 Å². The standard InChI is InChI=1S/C19H15ClF4N2O3/c1-11(29-16-5-3-2-4-15(16)21)18(28)26-25-17(27)9-7-12-6-8-14(20)13(10-12)19(22,23)24/h2-11H,1H3,(H,25,27)(H,26,28). The summed E-state index contributed by atoms with van der Waals surface area (Å²) in [6, 6.07) is 8.62. The summed E-state index contributed by atoms with van der Waals surface area (Å²) in [6.07, 6.45) is -3.72. The molecule has 0 saturated carbocycles. The Bertz CT molecular complexity index is 932. The molecule has 0 aliphatic heterocycles. The highest BCUT2D eigenvalue weighted by Gasteiger charge is 2.33. The second kappa shape index (κ2) is 9.42. The first-order valence-electron chi connectivity index (χ1n) is 8.14. The summed E-state index contributed by atoms with van der Waals surface area (Å²) in [7, 11) is 0. The number of carbonyl (C=O) groups is 2. The lowest BCUT2D eigenvalue weighted by molar-refractivity contribution is -0.137. The molecule has 2 rings (SSSR count). The van der Waals surface area contributed by atoms with Crippen LogP contribution in [0.25, 0.3) is 6.08 Å². The lowest BCUT2D eigenvalue weighted by Gasteiger charge is -2.15. The maximum atomic E-state index is 13.5. The first kappa shape index (κ1) is 22.2. The number of ether oxygens (including phenoxy) is 1. The Balaban J connectivity index is 1.91. The average molecular weight is 431 g/mol. The fraction of sp³-hybridized carbons (Fsp3) is 0.158. The van der Waals surface area contributed by atoms with Crippen LogP contribution >= 0.6 is 11.6 Å². The number of alkyl halides is 3. The van der Waals surface area contributed by atoms with Gasteiger partial charge in [-0.05, 0) is 42.8 Å². The minimum atomic E-state index is -4.63. The van der Waals surface area contributed by atoms with Crippen LogP contribution in [0, 0.1) is 5.82 Å². The number of para-hydroxylation sites is 1. The van der Waals surface area contributed by atoms with Crippen LogP contribution in [-0.2, 0) is 15.8 Å². The van der Waals surface area contributed by atoms with Crippen molar-refractivity contribution in [2.75, 3.05) is 0 Å². The van der Waals surface area contributed by atoms with Crippen molar-refractivity contribution in [3.05, 3.63) is 70.5 Å². The minimum absolute atomic E-state index is 0.0828. The van der Waals surface area contributed by atoms with Crippen molar-refractivity contribution >= 4 is 29.5 Å². The normalized spacial score (nSPS) is 12.5. The topological polar surface area (TPSA) is 67.4 Å². The van der Waals surface area contributed by atoms with Gasteiger partial charge in [0.2, 0.25) is 0 Å². The van der Waals surface area contributed by atoms with E-state index in [4.69, 9.17) is 16.3 Å². The summed E-state index contributed by atoms with van der Waals surface area (Å²) >= 11 is 5.52. The first-order valence-corrected chi connectivity index (χ1v) is 8.51. The third kappa shape index (κ3) is 6.49. The number of hydrazine groups is 1. The Hall–Kier alpha value is -3.07. The van der Waals surface area contributed by atoms with Gasteiger partial charge in [0, 0.05) is 6.08 Å². The molecule has 2 aromatic carbocycles. The molecule has 0 spiro atoms. The van der Waals surface area contributed by atoms with Crippen molar-refractivity contribution in [2.24, 2.45) is 0 Å². The Labute approximate surface area is 168 Å². The first-order chi connectivity index (χ1) is 13.6. The molecule has 5 nitrogen and oxygen atoms in total. The third-order valence-electron chi connectivity index (χ3n) is 3.54. The molecule has 0 heterocycles. The van der Waals surface area contributed by atoms with Crippen LogP contribution in [0.1, 0.15) is 18.1 Å². The summed E-state index contributed by atoms with van der Waals surface area (Å²) in [5.74, 6) is -2.36. The van der Waals surface area contributed by atoms with Crippen LogP contribution in [-0.4, -0.2) is 17.9 Å². The molecule has 0 fully saturated rings. The van der Waals surface area contributed by atoms with Crippen molar-refractivity contribution < 1.29 is 31.9 Å². The van der Waals surface area contributed by atoms with Gasteiger partial charge in [-0.1, -0.05) is 29.8 Å². The SMILES string of the molecule is CC(Oc1ccccc1F)C(=O)NNC(=O)C=Cc1ccc(Cl)c(C(F)(F)F)c1. The number of halogens is 5. The summed E-state index contributed by atoms with van der Waals surface area (Å²) < 4.78 is 57.1. The summed E-state index contributed by atoms with van der Waals surface area (Å²) in [5.41, 5.74) is 3.16. The number of benzene rings is 2. The van der Waals surface area contributed by atoms with Crippen LogP contribution in [0.5, 0.6) is 5.75 Å². The van der Waals surface area contributed by atoms with Gasteiger partial charge >= 0.3 is 6.18 Å².